The monoisotopic (exact) mass is 330 g/mol. The molecule has 0 saturated heterocycles. The number of rotatable bonds is 5. The third-order valence-corrected chi connectivity index (χ3v) is 2.86. The van der Waals surface area contributed by atoms with E-state index in [1.54, 1.807) is 30.3 Å². The molecule has 24 heavy (non-hydrogen) atoms. The Kier molecular flexibility index (Phi) is 5.40. The molecule has 0 aliphatic carbocycles. The van der Waals surface area contributed by atoms with E-state index in [0.717, 1.165) is 0 Å². The zero-order valence-corrected chi connectivity index (χ0v) is 12.9. The molecule has 0 atom stereocenters. The van der Waals surface area contributed by atoms with E-state index in [2.05, 4.69) is 30.0 Å². The number of benzene rings is 1. The largest absolute Gasteiger partial charge is 0.465 e. The molecule has 0 saturated carbocycles. The Balaban J connectivity index is 1.96. The number of esters is 2. The van der Waals surface area contributed by atoms with Gasteiger partial charge in [-0.15, -0.1) is 5.10 Å². The van der Waals surface area contributed by atoms with Gasteiger partial charge in [0.25, 0.3) is 5.91 Å². The topological polar surface area (TPSA) is 123 Å². The number of ether oxygens (including phenoxy) is 2. The third kappa shape index (κ3) is 4.26. The Hall–Kier alpha value is -3.49. The molecule has 2 rings (SSSR count). The van der Waals surface area contributed by atoms with E-state index in [1.165, 1.54) is 20.3 Å². The average molecular weight is 330 g/mol. The number of methoxy groups -OCH3 is 2. The molecule has 1 amide bonds. The lowest BCUT2D eigenvalue weighted by atomic mass is 10.1. The van der Waals surface area contributed by atoms with Crippen LogP contribution in [0.4, 0.5) is 5.95 Å². The van der Waals surface area contributed by atoms with Crippen LogP contribution < -0.4 is 5.32 Å². The van der Waals surface area contributed by atoms with Gasteiger partial charge in [0.2, 0.25) is 11.8 Å². The molecule has 2 aromatic rings. The standard InChI is InChI=1S/C15H14N4O5/c1-23-13(21)10-6-3-9(4-7-10)5-8-11(20)16-15-17-12(18-19-15)14(22)24-2/h3-8H,1-2H3,(H2,16,17,18,19,20). The second-order valence-corrected chi connectivity index (χ2v) is 4.44. The van der Waals surface area contributed by atoms with Crippen LogP contribution in [0.2, 0.25) is 0 Å². The van der Waals surface area contributed by atoms with Crippen molar-refractivity contribution in [1.82, 2.24) is 15.2 Å². The lowest BCUT2D eigenvalue weighted by Crippen LogP contribution is -2.09. The SMILES string of the molecule is COC(=O)c1ccc(C=CC(=O)Nc2n[nH]c(C(=O)OC)n2)cc1. The molecule has 0 radical (unpaired) electrons. The van der Waals surface area contributed by atoms with Crippen LogP contribution in [0.5, 0.6) is 0 Å². The molecule has 0 spiro atoms. The molecule has 9 nitrogen and oxygen atoms in total. The highest BCUT2D eigenvalue weighted by Gasteiger charge is 2.12. The molecule has 124 valence electrons. The maximum Gasteiger partial charge on any atom is 0.375 e. The Morgan fingerprint density at radius 3 is 2.38 bits per heavy atom. The smallest absolute Gasteiger partial charge is 0.375 e. The maximum atomic E-state index is 11.8. The van der Waals surface area contributed by atoms with Gasteiger partial charge in [-0.05, 0) is 23.8 Å². The number of aromatic nitrogens is 3. The highest BCUT2D eigenvalue weighted by atomic mass is 16.5. The van der Waals surface area contributed by atoms with Crippen LogP contribution in [-0.2, 0) is 14.3 Å². The fourth-order valence-electron chi connectivity index (χ4n) is 1.68. The Morgan fingerprint density at radius 2 is 1.75 bits per heavy atom. The summed E-state index contributed by atoms with van der Waals surface area (Å²) in [6, 6.07) is 6.50. The zero-order chi connectivity index (χ0) is 17.5. The number of hydrogen-bond acceptors (Lipinski definition) is 7. The summed E-state index contributed by atoms with van der Waals surface area (Å²) in [5.41, 5.74) is 1.12. The first-order valence-corrected chi connectivity index (χ1v) is 6.71. The summed E-state index contributed by atoms with van der Waals surface area (Å²) in [5, 5.41) is 8.40. The van der Waals surface area contributed by atoms with Crippen LogP contribution in [0.3, 0.4) is 0 Å². The lowest BCUT2D eigenvalue weighted by molar-refractivity contribution is -0.111. The number of aromatic amines is 1. The number of hydrogen-bond donors (Lipinski definition) is 2. The Labute approximate surface area is 136 Å². The van der Waals surface area contributed by atoms with Crippen molar-refractivity contribution in [3.8, 4) is 0 Å². The molecular weight excluding hydrogens is 316 g/mol. The number of nitrogens with zero attached hydrogens (tertiary/aromatic N) is 2. The molecule has 0 fully saturated rings. The molecule has 1 aromatic carbocycles. The molecular formula is C15H14N4O5. The molecule has 9 heteroatoms. The number of nitrogens with one attached hydrogen (secondary N) is 2. The van der Waals surface area contributed by atoms with E-state index in [4.69, 9.17) is 0 Å². The Morgan fingerprint density at radius 1 is 1.08 bits per heavy atom. The van der Waals surface area contributed by atoms with E-state index in [0.29, 0.717) is 11.1 Å². The number of carbonyl (C=O) groups is 3. The number of anilines is 1. The number of amides is 1. The van der Waals surface area contributed by atoms with Gasteiger partial charge in [0.05, 0.1) is 19.8 Å². The third-order valence-electron chi connectivity index (χ3n) is 2.86. The zero-order valence-electron chi connectivity index (χ0n) is 12.9. The molecule has 0 aliphatic heterocycles. The quantitative estimate of drug-likeness (QED) is 0.620. The van der Waals surface area contributed by atoms with Crippen LogP contribution in [0.25, 0.3) is 6.08 Å². The van der Waals surface area contributed by atoms with Gasteiger partial charge in [0, 0.05) is 6.08 Å². The van der Waals surface area contributed by atoms with Crippen molar-refractivity contribution in [1.29, 1.82) is 0 Å². The molecule has 0 aliphatic rings. The number of H-pyrrole nitrogens is 1. The summed E-state index contributed by atoms with van der Waals surface area (Å²) in [6.07, 6.45) is 2.81. The van der Waals surface area contributed by atoms with Gasteiger partial charge in [-0.1, -0.05) is 12.1 Å². The fraction of sp³-hybridized carbons (Fsp3) is 0.133. The van der Waals surface area contributed by atoms with Gasteiger partial charge < -0.3 is 9.47 Å². The van der Waals surface area contributed by atoms with E-state index in [1.807, 2.05) is 0 Å². The minimum absolute atomic E-state index is 0.0499. The summed E-state index contributed by atoms with van der Waals surface area (Å²) < 4.78 is 9.06. The predicted molar refractivity (Wildman–Crippen MR) is 83.2 cm³/mol. The summed E-state index contributed by atoms with van der Waals surface area (Å²) in [7, 11) is 2.51. The van der Waals surface area contributed by atoms with Gasteiger partial charge in [-0.25, -0.2) is 9.59 Å². The van der Waals surface area contributed by atoms with Crippen molar-refractivity contribution in [2.75, 3.05) is 19.5 Å². The van der Waals surface area contributed by atoms with Crippen LogP contribution in [-0.4, -0.2) is 47.2 Å². The van der Waals surface area contributed by atoms with Crippen molar-refractivity contribution in [3.63, 3.8) is 0 Å². The maximum absolute atomic E-state index is 11.8. The van der Waals surface area contributed by atoms with Gasteiger partial charge in [0.15, 0.2) is 0 Å². The predicted octanol–water partition coefficient (Wildman–Crippen LogP) is 1.03. The molecule has 0 bridgehead atoms. The average Bonchev–Trinajstić information content (AvgIpc) is 3.07. The molecule has 1 heterocycles. The van der Waals surface area contributed by atoms with E-state index in [9.17, 15) is 14.4 Å². The normalized spacial score (nSPS) is 10.4. The Bertz CT molecular complexity index is 779. The summed E-state index contributed by atoms with van der Waals surface area (Å²) >= 11 is 0. The van der Waals surface area contributed by atoms with Crippen LogP contribution in [0.15, 0.2) is 30.3 Å². The van der Waals surface area contributed by atoms with Crippen LogP contribution in [0.1, 0.15) is 26.5 Å². The van der Waals surface area contributed by atoms with Crippen molar-refractivity contribution in [2.45, 2.75) is 0 Å². The summed E-state index contributed by atoms with van der Waals surface area (Å²) in [5.74, 6) is -1.78. The second-order valence-electron chi connectivity index (χ2n) is 4.44. The fourth-order valence-corrected chi connectivity index (χ4v) is 1.68. The van der Waals surface area contributed by atoms with Crippen LogP contribution in [0, 0.1) is 0 Å². The van der Waals surface area contributed by atoms with Gasteiger partial charge >= 0.3 is 11.9 Å². The molecule has 1 aromatic heterocycles. The van der Waals surface area contributed by atoms with E-state index >= 15 is 0 Å². The molecule has 2 N–H and O–H groups in total. The highest BCUT2D eigenvalue weighted by Crippen LogP contribution is 2.08. The van der Waals surface area contributed by atoms with Crippen molar-refractivity contribution in [3.05, 3.63) is 47.3 Å². The van der Waals surface area contributed by atoms with Crippen molar-refractivity contribution >= 4 is 29.9 Å². The first kappa shape index (κ1) is 16.9. The first-order chi connectivity index (χ1) is 11.5. The van der Waals surface area contributed by atoms with E-state index < -0.39 is 17.8 Å². The van der Waals surface area contributed by atoms with E-state index in [-0.39, 0.29) is 11.8 Å². The van der Waals surface area contributed by atoms with Gasteiger partial charge in [0.1, 0.15) is 0 Å². The lowest BCUT2D eigenvalue weighted by Gasteiger charge is -1.99. The minimum Gasteiger partial charge on any atom is -0.465 e. The van der Waals surface area contributed by atoms with Crippen LogP contribution >= 0.6 is 0 Å². The highest BCUT2D eigenvalue weighted by molar-refractivity contribution is 6.01. The van der Waals surface area contributed by atoms with Crippen molar-refractivity contribution in [2.24, 2.45) is 0 Å². The second kappa shape index (κ2) is 7.68. The summed E-state index contributed by atoms with van der Waals surface area (Å²) in [6.45, 7) is 0. The minimum atomic E-state index is -0.691. The number of carbonyl (C=O) groups excluding carboxylic acids is 3. The van der Waals surface area contributed by atoms with Gasteiger partial charge in [-0.2, -0.15) is 4.98 Å². The van der Waals surface area contributed by atoms with Crippen molar-refractivity contribution < 1.29 is 23.9 Å². The molecule has 0 unspecified atom stereocenters. The van der Waals surface area contributed by atoms with Gasteiger partial charge in [-0.3, -0.25) is 15.2 Å². The summed E-state index contributed by atoms with van der Waals surface area (Å²) in [4.78, 5) is 38.0. The first-order valence-electron chi connectivity index (χ1n) is 6.71.